The van der Waals surface area contributed by atoms with Gasteiger partial charge in [0.15, 0.2) is 0 Å². The second-order valence-electron chi connectivity index (χ2n) is 6.64. The number of nitrogens with one attached hydrogen (secondary N) is 1. The van der Waals surface area contributed by atoms with Crippen molar-refractivity contribution < 1.29 is 4.74 Å². The molecular weight excluding hydrogens is 334 g/mol. The van der Waals surface area contributed by atoms with Crippen LogP contribution in [-0.2, 0) is 13.1 Å². The Labute approximate surface area is 159 Å². The highest BCUT2D eigenvalue weighted by atomic mass is 16.5. The quantitative estimate of drug-likeness (QED) is 0.527. The average molecular weight is 357 g/mol. The van der Waals surface area contributed by atoms with Crippen molar-refractivity contribution in [2.45, 2.75) is 20.0 Å². The number of aryl methyl sites for hydroxylation is 1. The van der Waals surface area contributed by atoms with Gasteiger partial charge in [-0.2, -0.15) is 0 Å². The first kappa shape index (κ1) is 17.2. The third-order valence-corrected chi connectivity index (χ3v) is 4.78. The summed E-state index contributed by atoms with van der Waals surface area (Å²) < 4.78 is 7.47. The molecule has 1 N–H and O–H groups in total. The fraction of sp³-hybridized carbons (Fsp3) is 0.174. The molecule has 0 fully saturated rings. The number of hydrogen-bond acceptors (Lipinski definition) is 3. The minimum Gasteiger partial charge on any atom is -0.497 e. The summed E-state index contributed by atoms with van der Waals surface area (Å²) in [4.78, 5) is 4.75. The van der Waals surface area contributed by atoms with E-state index in [1.54, 1.807) is 7.11 Å². The van der Waals surface area contributed by atoms with Crippen molar-refractivity contribution in [3.63, 3.8) is 0 Å². The van der Waals surface area contributed by atoms with Gasteiger partial charge in [-0.1, -0.05) is 42.5 Å². The second-order valence-corrected chi connectivity index (χ2v) is 6.64. The van der Waals surface area contributed by atoms with Crippen LogP contribution in [0.25, 0.3) is 11.0 Å². The van der Waals surface area contributed by atoms with Gasteiger partial charge in [-0.3, -0.25) is 0 Å². The van der Waals surface area contributed by atoms with E-state index in [2.05, 4.69) is 71.4 Å². The maximum absolute atomic E-state index is 5.21. The van der Waals surface area contributed by atoms with Crippen LogP contribution >= 0.6 is 0 Å². The van der Waals surface area contributed by atoms with Gasteiger partial charge in [0, 0.05) is 18.8 Å². The number of anilines is 1. The predicted octanol–water partition coefficient (Wildman–Crippen LogP) is 5.01. The molecule has 0 spiro atoms. The van der Waals surface area contributed by atoms with Gasteiger partial charge in [0.05, 0.1) is 18.1 Å². The Kier molecular flexibility index (Phi) is 4.79. The number of ether oxygens (including phenoxy) is 1. The van der Waals surface area contributed by atoms with Gasteiger partial charge in [0.25, 0.3) is 0 Å². The zero-order chi connectivity index (χ0) is 18.6. The highest BCUT2D eigenvalue weighted by Crippen LogP contribution is 2.22. The summed E-state index contributed by atoms with van der Waals surface area (Å²) in [6, 6.07) is 25.0. The topological polar surface area (TPSA) is 39.1 Å². The Morgan fingerprint density at radius 3 is 2.44 bits per heavy atom. The third-order valence-electron chi connectivity index (χ3n) is 4.78. The van der Waals surface area contributed by atoms with Crippen LogP contribution in [0.4, 0.5) is 5.69 Å². The van der Waals surface area contributed by atoms with Crippen molar-refractivity contribution in [2.24, 2.45) is 0 Å². The molecule has 0 aliphatic heterocycles. The fourth-order valence-electron chi connectivity index (χ4n) is 3.27. The number of benzene rings is 3. The summed E-state index contributed by atoms with van der Waals surface area (Å²) in [7, 11) is 1.68. The average Bonchev–Trinajstić information content (AvgIpc) is 3.02. The number of imidazole rings is 1. The Bertz CT molecular complexity index is 1040. The molecule has 4 rings (SSSR count). The number of fused-ring (bicyclic) bond motifs is 1. The van der Waals surface area contributed by atoms with E-state index in [4.69, 9.17) is 9.72 Å². The summed E-state index contributed by atoms with van der Waals surface area (Å²) in [6.45, 7) is 3.66. The van der Waals surface area contributed by atoms with Gasteiger partial charge in [-0.25, -0.2) is 4.98 Å². The SMILES string of the molecule is COc1ccc(CNc2ccc3c(c2)nc(C)n3Cc2ccccc2)cc1. The van der Waals surface area contributed by atoms with Gasteiger partial charge >= 0.3 is 0 Å². The van der Waals surface area contributed by atoms with Crippen LogP contribution in [-0.4, -0.2) is 16.7 Å². The summed E-state index contributed by atoms with van der Waals surface area (Å²) in [5.41, 5.74) is 5.74. The van der Waals surface area contributed by atoms with Crippen LogP contribution in [0.2, 0.25) is 0 Å². The van der Waals surface area contributed by atoms with Crippen LogP contribution in [0.15, 0.2) is 72.8 Å². The first-order valence-electron chi connectivity index (χ1n) is 9.10. The van der Waals surface area contributed by atoms with E-state index < -0.39 is 0 Å². The number of methoxy groups -OCH3 is 1. The monoisotopic (exact) mass is 357 g/mol. The third kappa shape index (κ3) is 3.80. The van der Waals surface area contributed by atoms with Crippen LogP contribution in [0.5, 0.6) is 5.75 Å². The molecule has 27 heavy (non-hydrogen) atoms. The molecular formula is C23H23N3O. The zero-order valence-electron chi connectivity index (χ0n) is 15.6. The number of hydrogen-bond donors (Lipinski definition) is 1. The fourth-order valence-corrected chi connectivity index (χ4v) is 3.27. The van der Waals surface area contributed by atoms with Crippen molar-refractivity contribution in [3.8, 4) is 5.75 Å². The molecule has 1 aromatic heterocycles. The van der Waals surface area contributed by atoms with Crippen LogP contribution < -0.4 is 10.1 Å². The van der Waals surface area contributed by atoms with Crippen LogP contribution in [0.1, 0.15) is 17.0 Å². The molecule has 0 saturated carbocycles. The van der Waals surface area contributed by atoms with E-state index in [-0.39, 0.29) is 0 Å². The zero-order valence-corrected chi connectivity index (χ0v) is 15.6. The molecule has 3 aromatic carbocycles. The molecule has 0 radical (unpaired) electrons. The lowest BCUT2D eigenvalue weighted by molar-refractivity contribution is 0.414. The minimum absolute atomic E-state index is 0.763. The molecule has 0 unspecified atom stereocenters. The van der Waals surface area contributed by atoms with Gasteiger partial charge < -0.3 is 14.6 Å². The highest BCUT2D eigenvalue weighted by Gasteiger charge is 2.08. The molecule has 0 atom stereocenters. The van der Waals surface area contributed by atoms with Crippen molar-refractivity contribution in [1.82, 2.24) is 9.55 Å². The molecule has 0 bridgehead atoms. The minimum atomic E-state index is 0.763. The Morgan fingerprint density at radius 2 is 1.70 bits per heavy atom. The van der Waals surface area contributed by atoms with Gasteiger partial charge in [-0.15, -0.1) is 0 Å². The summed E-state index contributed by atoms with van der Waals surface area (Å²) in [6.07, 6.45) is 0. The first-order chi connectivity index (χ1) is 13.2. The van der Waals surface area contributed by atoms with Crippen molar-refractivity contribution in [1.29, 1.82) is 0 Å². The molecule has 1 heterocycles. The molecule has 4 heteroatoms. The molecule has 0 aliphatic rings. The van der Waals surface area contributed by atoms with E-state index >= 15 is 0 Å². The van der Waals surface area contributed by atoms with E-state index in [1.807, 2.05) is 18.2 Å². The van der Waals surface area contributed by atoms with Gasteiger partial charge in [-0.05, 0) is 48.4 Å². The van der Waals surface area contributed by atoms with Crippen molar-refractivity contribution in [2.75, 3.05) is 12.4 Å². The molecule has 0 amide bonds. The largest absolute Gasteiger partial charge is 0.497 e. The van der Waals surface area contributed by atoms with E-state index in [0.29, 0.717) is 0 Å². The molecule has 136 valence electrons. The normalized spacial score (nSPS) is 10.9. The van der Waals surface area contributed by atoms with Gasteiger partial charge in [0.2, 0.25) is 0 Å². The standard InChI is InChI=1S/C23H23N3O/c1-17-25-22-14-20(24-15-18-8-11-21(27-2)12-9-18)10-13-23(22)26(17)16-19-6-4-3-5-7-19/h3-14,24H,15-16H2,1-2H3. The van der Waals surface area contributed by atoms with Gasteiger partial charge in [0.1, 0.15) is 11.6 Å². The number of aromatic nitrogens is 2. The van der Waals surface area contributed by atoms with E-state index in [0.717, 1.165) is 41.4 Å². The Morgan fingerprint density at radius 1 is 0.926 bits per heavy atom. The predicted molar refractivity (Wildman–Crippen MR) is 110 cm³/mol. The lowest BCUT2D eigenvalue weighted by Crippen LogP contribution is -2.02. The maximum atomic E-state index is 5.21. The van der Waals surface area contributed by atoms with Crippen molar-refractivity contribution in [3.05, 3.63) is 89.7 Å². The lowest BCUT2D eigenvalue weighted by atomic mass is 10.2. The lowest BCUT2D eigenvalue weighted by Gasteiger charge is -2.09. The van der Waals surface area contributed by atoms with Crippen LogP contribution in [0.3, 0.4) is 0 Å². The number of rotatable bonds is 6. The number of nitrogens with zero attached hydrogens (tertiary/aromatic N) is 2. The molecule has 0 aliphatic carbocycles. The first-order valence-corrected chi connectivity index (χ1v) is 9.10. The van der Waals surface area contributed by atoms with E-state index in [1.165, 1.54) is 11.1 Å². The van der Waals surface area contributed by atoms with Crippen molar-refractivity contribution >= 4 is 16.7 Å². The smallest absolute Gasteiger partial charge is 0.118 e. The highest BCUT2D eigenvalue weighted by molar-refractivity contribution is 5.80. The molecule has 4 aromatic rings. The second kappa shape index (κ2) is 7.54. The summed E-state index contributed by atoms with van der Waals surface area (Å²) in [5, 5.41) is 3.48. The molecule has 4 nitrogen and oxygen atoms in total. The molecule has 0 saturated heterocycles. The Hall–Kier alpha value is -3.27. The maximum Gasteiger partial charge on any atom is 0.118 e. The van der Waals surface area contributed by atoms with E-state index in [9.17, 15) is 0 Å². The Balaban J connectivity index is 1.52. The summed E-state index contributed by atoms with van der Waals surface area (Å²) in [5.74, 6) is 1.90. The van der Waals surface area contributed by atoms with Crippen LogP contribution in [0, 0.1) is 6.92 Å². The summed E-state index contributed by atoms with van der Waals surface area (Å²) >= 11 is 0.